The molecule has 0 unspecified atom stereocenters. The summed E-state index contributed by atoms with van der Waals surface area (Å²) >= 11 is 0. The van der Waals surface area contributed by atoms with Crippen LogP contribution in [0.5, 0.6) is 0 Å². The monoisotopic (exact) mass is 472 g/mol. The topological polar surface area (TPSA) is 75.1 Å². The summed E-state index contributed by atoms with van der Waals surface area (Å²) in [5.74, 6) is 0.477. The number of alkyl halides is 3. The summed E-state index contributed by atoms with van der Waals surface area (Å²) in [5.41, 5.74) is 2.04. The fourth-order valence-electron chi connectivity index (χ4n) is 5.23. The maximum atomic E-state index is 13.1. The molecule has 10 heteroatoms. The number of rotatable bonds is 5. The highest BCUT2D eigenvalue weighted by atomic mass is 19.4. The van der Waals surface area contributed by atoms with Gasteiger partial charge in [-0.3, -0.25) is 10.00 Å². The maximum Gasteiger partial charge on any atom is 0.390 e. The summed E-state index contributed by atoms with van der Waals surface area (Å²) in [6, 6.07) is 7.78. The first-order chi connectivity index (χ1) is 16.2. The number of urea groups is 1. The normalized spacial score (nSPS) is 22.4. The van der Waals surface area contributed by atoms with E-state index in [1.54, 1.807) is 10.9 Å². The van der Waals surface area contributed by atoms with E-state index in [0.717, 1.165) is 34.7 Å². The van der Waals surface area contributed by atoms with E-state index in [4.69, 9.17) is 0 Å². The summed E-state index contributed by atoms with van der Waals surface area (Å²) in [6.07, 6.45) is 3.58. The van der Waals surface area contributed by atoms with Crippen molar-refractivity contribution in [3.05, 3.63) is 42.9 Å². The molecule has 7 nitrogen and oxygen atoms in total. The van der Waals surface area contributed by atoms with Gasteiger partial charge in [-0.1, -0.05) is 12.1 Å². The molecule has 1 aromatic carbocycles. The number of halogens is 3. The molecule has 3 aromatic rings. The van der Waals surface area contributed by atoms with Crippen LogP contribution in [0.4, 0.5) is 23.8 Å². The molecule has 5 rings (SSSR count). The Kier molecular flexibility index (Phi) is 5.93. The first-order valence-electron chi connectivity index (χ1n) is 11.5. The summed E-state index contributed by atoms with van der Waals surface area (Å²) in [7, 11) is 1.87. The van der Waals surface area contributed by atoms with Gasteiger partial charge in [0.1, 0.15) is 5.82 Å². The highest BCUT2D eigenvalue weighted by Gasteiger charge is 2.43. The maximum absolute atomic E-state index is 13.1. The molecule has 0 spiro atoms. The molecule has 0 radical (unpaired) electrons. The number of fused-ring (bicyclic) bond motifs is 3. The lowest BCUT2D eigenvalue weighted by atomic mass is 9.97. The van der Waals surface area contributed by atoms with Gasteiger partial charge in [-0.2, -0.15) is 18.3 Å². The van der Waals surface area contributed by atoms with Crippen LogP contribution < -0.4 is 10.6 Å². The molecule has 2 fully saturated rings. The van der Waals surface area contributed by atoms with Crippen molar-refractivity contribution in [3.8, 4) is 11.1 Å². The van der Waals surface area contributed by atoms with Crippen LogP contribution in [0.25, 0.3) is 21.9 Å². The molecular weight excluding hydrogens is 445 g/mol. The van der Waals surface area contributed by atoms with E-state index < -0.39 is 12.6 Å². The Balaban J connectivity index is 1.25. The molecule has 2 amide bonds. The van der Waals surface area contributed by atoms with Gasteiger partial charge in [0.05, 0.1) is 12.6 Å². The van der Waals surface area contributed by atoms with Gasteiger partial charge in [-0.15, -0.1) is 0 Å². The number of nitrogens with zero attached hydrogens (tertiary/aromatic N) is 4. The number of nitrogens with one attached hydrogen (secondary N) is 2. The highest BCUT2D eigenvalue weighted by Crippen LogP contribution is 2.36. The third-order valence-electron chi connectivity index (χ3n) is 6.80. The number of hydrogen-bond acceptors (Lipinski definition) is 4. The van der Waals surface area contributed by atoms with Gasteiger partial charge < -0.3 is 10.2 Å². The lowest BCUT2D eigenvalue weighted by molar-refractivity contribution is -0.133. The number of amides is 2. The molecule has 4 heterocycles. The van der Waals surface area contributed by atoms with Crippen molar-refractivity contribution in [3.63, 3.8) is 0 Å². The molecule has 180 valence electrons. The minimum atomic E-state index is -4.15. The molecular formula is C24H27F3N6O. The van der Waals surface area contributed by atoms with Gasteiger partial charge in [0, 0.05) is 55.1 Å². The number of benzene rings is 1. The number of hydrogen-bond donors (Lipinski definition) is 2. The SMILES string of the molecule is Cn1cc(-c2ccc3cnc(NC(=O)N4[C@@H]5CC[C@H]4C[C@H](NCCC(F)(F)F)C5)cc3c2)cn1. The predicted octanol–water partition coefficient (Wildman–Crippen LogP) is 4.70. The van der Waals surface area contributed by atoms with Crippen molar-refractivity contribution in [1.82, 2.24) is 25.0 Å². The zero-order valence-electron chi connectivity index (χ0n) is 18.8. The predicted molar refractivity (Wildman–Crippen MR) is 123 cm³/mol. The molecule has 2 aliphatic rings. The summed E-state index contributed by atoms with van der Waals surface area (Å²) in [6.45, 7) is -0.0815. The molecule has 2 bridgehead atoms. The van der Waals surface area contributed by atoms with E-state index in [0.29, 0.717) is 18.7 Å². The number of piperidine rings is 1. The zero-order chi connectivity index (χ0) is 23.9. The largest absolute Gasteiger partial charge is 0.390 e. The Bertz CT molecular complexity index is 1180. The second-order valence-electron chi connectivity index (χ2n) is 9.24. The Hall–Kier alpha value is -3.14. The molecule has 2 saturated heterocycles. The minimum Gasteiger partial charge on any atom is -0.318 e. The molecule has 2 N–H and O–H groups in total. The molecule has 2 aromatic heterocycles. The third kappa shape index (κ3) is 4.86. The molecule has 34 heavy (non-hydrogen) atoms. The second-order valence-corrected chi connectivity index (χ2v) is 9.24. The van der Waals surface area contributed by atoms with E-state index in [9.17, 15) is 18.0 Å². The highest BCUT2D eigenvalue weighted by molar-refractivity contribution is 5.93. The Morgan fingerprint density at radius 1 is 1.09 bits per heavy atom. The van der Waals surface area contributed by atoms with Crippen molar-refractivity contribution in [2.75, 3.05) is 11.9 Å². The van der Waals surface area contributed by atoms with Crippen molar-refractivity contribution < 1.29 is 18.0 Å². The standard InChI is InChI=1S/C24H27F3N6O/c1-32-14-18(13-30-32)15-2-3-16-12-29-22(9-17(16)8-15)31-23(34)33-20-4-5-21(33)11-19(10-20)28-7-6-24(25,26)27/h2-3,8-9,12-14,19-21,28H,4-7,10-11H2,1H3,(H,29,31,34)/t19-,20-,21+. The van der Waals surface area contributed by atoms with Crippen molar-refractivity contribution in [2.45, 2.75) is 56.4 Å². The van der Waals surface area contributed by atoms with E-state index in [2.05, 4.69) is 20.7 Å². The van der Waals surface area contributed by atoms with E-state index in [1.165, 1.54) is 0 Å². The minimum absolute atomic E-state index is 0.00795. The lowest BCUT2D eigenvalue weighted by Crippen LogP contribution is -2.53. The van der Waals surface area contributed by atoms with Crippen LogP contribution in [0.2, 0.25) is 0 Å². The molecule has 3 atom stereocenters. The lowest BCUT2D eigenvalue weighted by Gasteiger charge is -2.39. The van der Waals surface area contributed by atoms with Crippen LogP contribution in [-0.2, 0) is 7.05 Å². The first kappa shape index (κ1) is 22.6. The number of aryl methyl sites for hydroxylation is 1. The Morgan fingerprint density at radius 3 is 2.53 bits per heavy atom. The second kappa shape index (κ2) is 8.90. The summed E-state index contributed by atoms with van der Waals surface area (Å²) in [5, 5.41) is 12.1. The number of aromatic nitrogens is 3. The van der Waals surface area contributed by atoms with Gasteiger partial charge in [-0.25, -0.2) is 9.78 Å². The zero-order valence-corrected chi connectivity index (χ0v) is 18.8. The Labute approximate surface area is 195 Å². The van der Waals surface area contributed by atoms with Crippen LogP contribution in [0.15, 0.2) is 42.9 Å². The quantitative estimate of drug-likeness (QED) is 0.564. The van der Waals surface area contributed by atoms with E-state index in [-0.39, 0.29) is 30.7 Å². The van der Waals surface area contributed by atoms with Crippen molar-refractivity contribution in [1.29, 1.82) is 0 Å². The van der Waals surface area contributed by atoms with Crippen LogP contribution in [0.3, 0.4) is 0 Å². The number of carbonyl (C=O) groups is 1. The number of carbonyl (C=O) groups excluding carboxylic acids is 1. The Morgan fingerprint density at radius 2 is 1.85 bits per heavy atom. The van der Waals surface area contributed by atoms with Crippen LogP contribution in [0.1, 0.15) is 32.1 Å². The van der Waals surface area contributed by atoms with Crippen molar-refractivity contribution in [2.24, 2.45) is 7.05 Å². The van der Waals surface area contributed by atoms with Gasteiger partial charge in [0.25, 0.3) is 0 Å². The first-order valence-corrected chi connectivity index (χ1v) is 11.5. The van der Waals surface area contributed by atoms with Gasteiger partial charge in [0.2, 0.25) is 0 Å². The summed E-state index contributed by atoms with van der Waals surface area (Å²) < 4.78 is 39.1. The molecule has 0 saturated carbocycles. The van der Waals surface area contributed by atoms with Gasteiger partial charge >= 0.3 is 12.2 Å². The average Bonchev–Trinajstić information content (AvgIpc) is 3.33. The number of pyridine rings is 1. The van der Waals surface area contributed by atoms with Crippen molar-refractivity contribution >= 4 is 22.6 Å². The fraction of sp³-hybridized carbons (Fsp3) is 0.458. The summed E-state index contributed by atoms with van der Waals surface area (Å²) in [4.78, 5) is 19.4. The molecule has 2 aliphatic heterocycles. The van der Waals surface area contributed by atoms with Gasteiger partial charge in [-0.05, 0) is 48.8 Å². The number of anilines is 1. The molecule has 0 aliphatic carbocycles. The fourth-order valence-corrected chi connectivity index (χ4v) is 5.23. The van der Waals surface area contributed by atoms with Crippen LogP contribution in [-0.4, -0.2) is 56.5 Å². The third-order valence-corrected chi connectivity index (χ3v) is 6.80. The van der Waals surface area contributed by atoms with Gasteiger partial charge in [0.15, 0.2) is 0 Å². The average molecular weight is 473 g/mol. The smallest absolute Gasteiger partial charge is 0.318 e. The van der Waals surface area contributed by atoms with Crippen LogP contribution in [0, 0.1) is 0 Å². The van der Waals surface area contributed by atoms with Crippen LogP contribution >= 0.6 is 0 Å². The van der Waals surface area contributed by atoms with E-state index >= 15 is 0 Å². The van der Waals surface area contributed by atoms with E-state index in [1.807, 2.05) is 48.6 Å².